The number of rotatable bonds is 7. The van der Waals surface area contributed by atoms with Crippen molar-refractivity contribution < 1.29 is 4.92 Å². The van der Waals surface area contributed by atoms with E-state index in [1.165, 1.54) is 12.1 Å². The molecule has 0 saturated heterocycles. The Balaban J connectivity index is 1.82. The topological polar surface area (TPSA) is 80.2 Å². The molecule has 0 fully saturated rings. The summed E-state index contributed by atoms with van der Waals surface area (Å²) in [4.78, 5) is 11.2. The van der Waals surface area contributed by atoms with E-state index in [4.69, 9.17) is 0 Å². The minimum absolute atomic E-state index is 0.0809. The zero-order valence-corrected chi connectivity index (χ0v) is 15.4. The van der Waals surface area contributed by atoms with Gasteiger partial charge in [0.25, 0.3) is 5.69 Å². The predicted molar refractivity (Wildman–Crippen MR) is 108 cm³/mol. The molecule has 0 unspecified atom stereocenters. The number of halogens is 1. The van der Waals surface area contributed by atoms with E-state index in [1.54, 1.807) is 42.0 Å². The molecule has 1 heterocycles. The van der Waals surface area contributed by atoms with Crippen molar-refractivity contribution in [3.63, 3.8) is 0 Å². The smallest absolute Gasteiger partial charge is 0.258 e. The van der Waals surface area contributed by atoms with Gasteiger partial charge in [-0.15, -0.1) is 11.3 Å². The second-order valence-corrected chi connectivity index (χ2v) is 5.93. The molecule has 2 rings (SSSR count). The zero-order valence-electron chi connectivity index (χ0n) is 12.4. The summed E-state index contributed by atoms with van der Waals surface area (Å²) in [7, 11) is 0. The molecule has 0 aliphatic rings. The van der Waals surface area contributed by atoms with Crippen LogP contribution in [0.15, 0.2) is 67.3 Å². The van der Waals surface area contributed by atoms with Gasteiger partial charge in [0.15, 0.2) is 0 Å². The number of non-ortho nitro benzene ring substituents is 1. The van der Waals surface area contributed by atoms with Crippen molar-refractivity contribution in [1.29, 1.82) is 0 Å². The lowest BCUT2D eigenvalue weighted by Crippen LogP contribution is -1.90. The molecular weight excluding hydrogens is 439 g/mol. The van der Waals surface area contributed by atoms with Crippen molar-refractivity contribution in [2.45, 2.75) is 6.42 Å². The fraction of sp³-hybridized carbons (Fsp3) is 0.0625. The average molecular weight is 452 g/mol. The van der Waals surface area contributed by atoms with Gasteiger partial charge in [0.1, 0.15) is 0 Å². The summed E-state index contributed by atoms with van der Waals surface area (Å²) in [5.74, 6) is 0. The van der Waals surface area contributed by atoms with Crippen LogP contribution in [0.2, 0.25) is 0 Å². The molecular formula is C16H13IN4O2S. The lowest BCUT2D eigenvalue weighted by Gasteiger charge is -1.94. The first kappa shape index (κ1) is 18.1. The number of nitrogens with zero attached hydrogens (tertiary/aromatic N) is 4. The highest BCUT2D eigenvalue weighted by atomic mass is 127. The van der Waals surface area contributed by atoms with Gasteiger partial charge in [0.2, 0.25) is 0 Å². The van der Waals surface area contributed by atoms with Gasteiger partial charge in [0.05, 0.1) is 38.4 Å². The Kier molecular flexibility index (Phi) is 7.43. The number of hydrogen-bond donors (Lipinski definition) is 0. The number of thiophene rings is 1. The van der Waals surface area contributed by atoms with Gasteiger partial charge in [-0.3, -0.25) is 10.1 Å². The molecule has 0 bridgehead atoms. The fourth-order valence-electron chi connectivity index (χ4n) is 1.73. The van der Waals surface area contributed by atoms with Gasteiger partial charge in [0, 0.05) is 31.0 Å². The van der Waals surface area contributed by atoms with Crippen LogP contribution < -0.4 is 0 Å². The SMILES string of the molecule is O=[N+]([O-])c1ccc(C/C=N/N=C/C=C\C(=N/I)c2cccs2)cc1. The molecule has 6 nitrogen and oxygen atoms in total. The van der Waals surface area contributed by atoms with Gasteiger partial charge in [-0.25, -0.2) is 3.21 Å². The van der Waals surface area contributed by atoms with E-state index in [2.05, 4.69) is 13.4 Å². The summed E-state index contributed by atoms with van der Waals surface area (Å²) in [6.07, 6.45) is 7.45. The fourth-order valence-corrected chi connectivity index (χ4v) is 3.01. The molecule has 8 heteroatoms. The maximum Gasteiger partial charge on any atom is 0.269 e. The molecule has 2 aromatic rings. The van der Waals surface area contributed by atoms with Gasteiger partial charge in [-0.1, -0.05) is 18.2 Å². The molecule has 122 valence electrons. The third-order valence-electron chi connectivity index (χ3n) is 2.89. The van der Waals surface area contributed by atoms with Crippen LogP contribution >= 0.6 is 34.2 Å². The van der Waals surface area contributed by atoms with Crippen LogP contribution in [0.5, 0.6) is 0 Å². The summed E-state index contributed by atoms with van der Waals surface area (Å²) < 4.78 is 4.19. The van der Waals surface area contributed by atoms with Crippen LogP contribution in [0, 0.1) is 10.1 Å². The van der Waals surface area contributed by atoms with E-state index in [0.717, 1.165) is 16.2 Å². The van der Waals surface area contributed by atoms with Gasteiger partial charge >= 0.3 is 0 Å². The lowest BCUT2D eigenvalue weighted by atomic mass is 10.1. The molecule has 1 aromatic carbocycles. The van der Waals surface area contributed by atoms with E-state index in [1.807, 2.05) is 46.5 Å². The Labute approximate surface area is 157 Å². The minimum Gasteiger partial charge on any atom is -0.258 e. The van der Waals surface area contributed by atoms with E-state index < -0.39 is 4.92 Å². The molecule has 24 heavy (non-hydrogen) atoms. The molecule has 0 N–H and O–H groups in total. The predicted octanol–water partition coefficient (Wildman–Crippen LogP) is 4.65. The third-order valence-corrected chi connectivity index (χ3v) is 4.31. The molecule has 1 aromatic heterocycles. The van der Waals surface area contributed by atoms with E-state index in [9.17, 15) is 10.1 Å². The summed E-state index contributed by atoms with van der Waals surface area (Å²) in [5.41, 5.74) is 1.90. The Morgan fingerprint density at radius 3 is 2.67 bits per heavy atom. The molecule has 0 saturated carbocycles. The number of nitro benzene ring substituents is 1. The van der Waals surface area contributed by atoms with Crippen LogP contribution in [0.4, 0.5) is 5.69 Å². The van der Waals surface area contributed by atoms with Crippen LogP contribution in [0.1, 0.15) is 10.4 Å². The number of benzene rings is 1. The summed E-state index contributed by atoms with van der Waals surface area (Å²) in [6, 6.07) is 10.4. The quantitative estimate of drug-likeness (QED) is 0.265. The minimum atomic E-state index is -0.419. The molecule has 0 amide bonds. The van der Waals surface area contributed by atoms with Gasteiger partial charge < -0.3 is 0 Å². The highest BCUT2D eigenvalue weighted by Crippen LogP contribution is 2.13. The highest BCUT2D eigenvalue weighted by molar-refractivity contribution is 14.1. The van der Waals surface area contributed by atoms with Crippen LogP contribution in [0.25, 0.3) is 0 Å². The normalized spacial score (nSPS) is 12.6. The van der Waals surface area contributed by atoms with Crippen molar-refractivity contribution >= 4 is 58.0 Å². The van der Waals surface area contributed by atoms with Gasteiger partial charge in [-0.2, -0.15) is 10.2 Å². The average Bonchev–Trinajstić information content (AvgIpc) is 3.12. The zero-order chi connectivity index (χ0) is 17.2. The molecule has 0 radical (unpaired) electrons. The molecule has 0 aliphatic carbocycles. The number of nitro groups is 1. The third kappa shape index (κ3) is 5.78. The second-order valence-electron chi connectivity index (χ2n) is 4.50. The Morgan fingerprint density at radius 2 is 2.04 bits per heavy atom. The second kappa shape index (κ2) is 9.83. The summed E-state index contributed by atoms with van der Waals surface area (Å²) in [5, 5.41) is 20.4. The standard InChI is InChI=1S/C16H13IN4O2S/c17-20-15(16-4-2-12-24-16)3-1-10-18-19-11-9-13-5-7-14(8-6-13)21(22)23/h1-8,10-12H,9H2/b3-1-,18-10+,19-11+,20-15+. The first-order valence-electron chi connectivity index (χ1n) is 6.88. The van der Waals surface area contributed by atoms with E-state index in [-0.39, 0.29) is 5.69 Å². The first-order chi connectivity index (χ1) is 11.7. The van der Waals surface area contributed by atoms with Crippen LogP contribution in [-0.4, -0.2) is 23.1 Å². The Bertz CT molecular complexity index is 781. The van der Waals surface area contributed by atoms with Crippen LogP contribution in [-0.2, 0) is 6.42 Å². The first-order valence-corrected chi connectivity index (χ1v) is 8.73. The maximum absolute atomic E-state index is 10.6. The molecule has 0 aliphatic heterocycles. The van der Waals surface area contributed by atoms with Crippen molar-refractivity contribution in [2.75, 3.05) is 0 Å². The van der Waals surface area contributed by atoms with Crippen molar-refractivity contribution in [3.05, 3.63) is 74.5 Å². The number of hydrogen-bond acceptors (Lipinski definition) is 6. The van der Waals surface area contributed by atoms with Crippen LogP contribution in [0.3, 0.4) is 0 Å². The Morgan fingerprint density at radius 1 is 1.25 bits per heavy atom. The van der Waals surface area contributed by atoms with Crippen molar-refractivity contribution in [1.82, 2.24) is 0 Å². The summed E-state index contributed by atoms with van der Waals surface area (Å²) in [6.45, 7) is 0. The van der Waals surface area contributed by atoms with E-state index in [0.29, 0.717) is 6.42 Å². The monoisotopic (exact) mass is 452 g/mol. The van der Waals surface area contributed by atoms with Crippen molar-refractivity contribution in [2.24, 2.45) is 13.4 Å². The maximum atomic E-state index is 10.6. The molecule has 0 spiro atoms. The largest absolute Gasteiger partial charge is 0.269 e. The highest BCUT2D eigenvalue weighted by Gasteiger charge is 2.02. The van der Waals surface area contributed by atoms with Gasteiger partial charge in [-0.05, 0) is 29.2 Å². The molecule has 0 atom stereocenters. The van der Waals surface area contributed by atoms with Crippen molar-refractivity contribution in [3.8, 4) is 0 Å². The Hall–Kier alpha value is -2.20. The summed E-state index contributed by atoms with van der Waals surface area (Å²) >= 11 is 3.59. The number of allylic oxidation sites excluding steroid dienone is 2. The lowest BCUT2D eigenvalue weighted by molar-refractivity contribution is -0.384. The van der Waals surface area contributed by atoms with E-state index >= 15 is 0 Å².